The Hall–Kier alpha value is -2.07. The molecule has 0 saturated heterocycles. The minimum atomic E-state index is 0.492. The molecular weight excluding hydrogens is 248 g/mol. The van der Waals surface area contributed by atoms with E-state index in [0.29, 0.717) is 22.6 Å². The maximum Gasteiger partial charge on any atom is 0.153 e. The molecule has 0 amide bonds. The molecule has 4 heteroatoms. The first-order chi connectivity index (χ1) is 8.83. The van der Waals surface area contributed by atoms with Gasteiger partial charge in [-0.3, -0.25) is 9.59 Å². The highest BCUT2D eigenvalue weighted by Crippen LogP contribution is 2.48. The summed E-state index contributed by atoms with van der Waals surface area (Å²) >= 11 is 1.50. The lowest BCUT2D eigenvalue weighted by Gasteiger charge is -2.21. The fraction of sp³-hybridized carbons (Fsp3) is 0. The smallest absolute Gasteiger partial charge is 0.153 e. The summed E-state index contributed by atoms with van der Waals surface area (Å²) in [7, 11) is 0. The van der Waals surface area contributed by atoms with Crippen LogP contribution in [0.5, 0.6) is 11.5 Å². The highest BCUT2D eigenvalue weighted by atomic mass is 32.2. The monoisotopic (exact) mass is 256 g/mol. The third-order valence-corrected chi connectivity index (χ3v) is 3.78. The number of carbonyl (C=O) groups is 2. The van der Waals surface area contributed by atoms with Gasteiger partial charge < -0.3 is 4.74 Å². The SMILES string of the molecule is O=Cc1cccc2c1Oc1c(C=O)cccc1S2. The number of hydrogen-bond donors (Lipinski definition) is 0. The molecule has 3 rings (SSSR count). The zero-order valence-electron chi connectivity index (χ0n) is 9.25. The number of fused-ring (bicyclic) bond motifs is 2. The van der Waals surface area contributed by atoms with E-state index in [4.69, 9.17) is 4.74 Å². The maximum absolute atomic E-state index is 11.0. The molecule has 1 aliphatic heterocycles. The molecule has 0 unspecified atom stereocenters. The molecule has 0 atom stereocenters. The number of ether oxygens (including phenoxy) is 1. The highest BCUT2D eigenvalue weighted by Gasteiger charge is 2.22. The number of para-hydroxylation sites is 2. The fourth-order valence-corrected chi connectivity index (χ4v) is 2.89. The normalized spacial score (nSPS) is 12.0. The van der Waals surface area contributed by atoms with Gasteiger partial charge in [0.15, 0.2) is 24.1 Å². The van der Waals surface area contributed by atoms with Gasteiger partial charge in [0.25, 0.3) is 0 Å². The number of hydrogen-bond acceptors (Lipinski definition) is 4. The van der Waals surface area contributed by atoms with E-state index in [-0.39, 0.29) is 0 Å². The van der Waals surface area contributed by atoms with Crippen molar-refractivity contribution in [2.75, 3.05) is 0 Å². The molecule has 1 heterocycles. The van der Waals surface area contributed by atoms with Crippen LogP contribution >= 0.6 is 11.8 Å². The van der Waals surface area contributed by atoms with E-state index in [1.165, 1.54) is 11.8 Å². The van der Waals surface area contributed by atoms with Gasteiger partial charge in [-0.15, -0.1) is 0 Å². The predicted molar refractivity (Wildman–Crippen MR) is 67.9 cm³/mol. The van der Waals surface area contributed by atoms with E-state index < -0.39 is 0 Å². The summed E-state index contributed by atoms with van der Waals surface area (Å²) in [4.78, 5) is 23.7. The zero-order valence-corrected chi connectivity index (χ0v) is 10.1. The first-order valence-electron chi connectivity index (χ1n) is 5.35. The molecular formula is C14H8O3S. The van der Waals surface area contributed by atoms with Crippen molar-refractivity contribution in [2.24, 2.45) is 0 Å². The van der Waals surface area contributed by atoms with Gasteiger partial charge in [0.2, 0.25) is 0 Å². The number of benzene rings is 2. The molecule has 18 heavy (non-hydrogen) atoms. The molecule has 0 spiro atoms. The summed E-state index contributed by atoms with van der Waals surface area (Å²) in [5.74, 6) is 1.05. The highest BCUT2D eigenvalue weighted by molar-refractivity contribution is 7.99. The van der Waals surface area contributed by atoms with Crippen LogP contribution in [-0.4, -0.2) is 12.6 Å². The van der Waals surface area contributed by atoms with Gasteiger partial charge in [0, 0.05) is 0 Å². The largest absolute Gasteiger partial charge is 0.453 e. The molecule has 0 fully saturated rings. The summed E-state index contributed by atoms with van der Waals surface area (Å²) in [6.07, 6.45) is 1.52. The van der Waals surface area contributed by atoms with Gasteiger partial charge in [0.1, 0.15) is 0 Å². The third kappa shape index (κ3) is 1.62. The Kier molecular flexibility index (Phi) is 2.64. The second-order valence-electron chi connectivity index (χ2n) is 3.79. The quantitative estimate of drug-likeness (QED) is 0.657. The van der Waals surface area contributed by atoms with Crippen molar-refractivity contribution in [3.05, 3.63) is 47.5 Å². The summed E-state index contributed by atoms with van der Waals surface area (Å²) < 4.78 is 5.74. The van der Waals surface area contributed by atoms with Crippen molar-refractivity contribution in [2.45, 2.75) is 9.79 Å². The van der Waals surface area contributed by atoms with E-state index in [2.05, 4.69) is 0 Å². The number of rotatable bonds is 2. The van der Waals surface area contributed by atoms with Crippen LogP contribution in [0.2, 0.25) is 0 Å². The second-order valence-corrected chi connectivity index (χ2v) is 4.87. The summed E-state index contributed by atoms with van der Waals surface area (Å²) in [5, 5.41) is 0. The van der Waals surface area contributed by atoms with Crippen molar-refractivity contribution < 1.29 is 14.3 Å². The fourth-order valence-electron chi connectivity index (χ4n) is 1.85. The van der Waals surface area contributed by atoms with Crippen LogP contribution in [-0.2, 0) is 0 Å². The van der Waals surface area contributed by atoms with Crippen LogP contribution in [0.4, 0.5) is 0 Å². The average Bonchev–Trinajstić information content (AvgIpc) is 2.43. The van der Waals surface area contributed by atoms with E-state index in [1.807, 2.05) is 24.3 Å². The van der Waals surface area contributed by atoms with Crippen LogP contribution in [0, 0.1) is 0 Å². The predicted octanol–water partition coefficient (Wildman–Crippen LogP) is 3.57. The minimum Gasteiger partial charge on any atom is -0.453 e. The van der Waals surface area contributed by atoms with Gasteiger partial charge in [-0.2, -0.15) is 0 Å². The lowest BCUT2D eigenvalue weighted by molar-refractivity contribution is 0.111. The van der Waals surface area contributed by atoms with Gasteiger partial charge in [-0.1, -0.05) is 23.9 Å². The third-order valence-electron chi connectivity index (χ3n) is 2.70. The molecule has 2 aromatic carbocycles. The van der Waals surface area contributed by atoms with Crippen LogP contribution in [0.25, 0.3) is 0 Å². The van der Waals surface area contributed by atoms with Gasteiger partial charge in [-0.05, 0) is 24.3 Å². The van der Waals surface area contributed by atoms with Crippen molar-refractivity contribution in [3.63, 3.8) is 0 Å². The summed E-state index contributed by atoms with van der Waals surface area (Å²) in [6, 6.07) is 10.8. The molecule has 0 bridgehead atoms. The van der Waals surface area contributed by atoms with Gasteiger partial charge in [0.05, 0.1) is 20.9 Å². The minimum absolute atomic E-state index is 0.492. The first-order valence-corrected chi connectivity index (χ1v) is 6.17. The lowest BCUT2D eigenvalue weighted by Crippen LogP contribution is -2.01. The molecule has 0 N–H and O–H groups in total. The summed E-state index contributed by atoms with van der Waals surface area (Å²) in [5.41, 5.74) is 0.984. The summed E-state index contributed by atoms with van der Waals surface area (Å²) in [6.45, 7) is 0. The Morgan fingerprint density at radius 2 is 1.33 bits per heavy atom. The number of carbonyl (C=O) groups excluding carboxylic acids is 2. The average molecular weight is 256 g/mol. The molecule has 88 valence electrons. The van der Waals surface area contributed by atoms with Crippen molar-refractivity contribution >= 4 is 24.3 Å². The second kappa shape index (κ2) is 4.31. The molecule has 0 aromatic heterocycles. The topological polar surface area (TPSA) is 43.4 Å². The van der Waals surface area contributed by atoms with Crippen molar-refractivity contribution in [1.29, 1.82) is 0 Å². The lowest BCUT2D eigenvalue weighted by atomic mass is 10.2. The van der Waals surface area contributed by atoms with Crippen LogP contribution in [0.15, 0.2) is 46.2 Å². The maximum atomic E-state index is 11.0. The Morgan fingerprint density at radius 1 is 0.833 bits per heavy atom. The Labute approximate surface area is 108 Å². The van der Waals surface area contributed by atoms with Gasteiger partial charge in [-0.25, -0.2) is 0 Å². The molecule has 3 nitrogen and oxygen atoms in total. The Balaban J connectivity index is 2.18. The molecule has 0 saturated carbocycles. The Bertz CT molecular complexity index is 594. The Morgan fingerprint density at radius 3 is 1.78 bits per heavy atom. The van der Waals surface area contributed by atoms with Crippen LogP contribution in [0.1, 0.15) is 20.7 Å². The number of aldehydes is 2. The molecule has 0 aliphatic carbocycles. The van der Waals surface area contributed by atoms with Crippen LogP contribution < -0.4 is 4.74 Å². The zero-order chi connectivity index (χ0) is 12.5. The van der Waals surface area contributed by atoms with Crippen molar-refractivity contribution in [1.82, 2.24) is 0 Å². The van der Waals surface area contributed by atoms with E-state index in [0.717, 1.165) is 22.4 Å². The molecule has 0 radical (unpaired) electrons. The van der Waals surface area contributed by atoms with E-state index in [9.17, 15) is 9.59 Å². The van der Waals surface area contributed by atoms with E-state index >= 15 is 0 Å². The van der Waals surface area contributed by atoms with Crippen LogP contribution in [0.3, 0.4) is 0 Å². The molecule has 2 aromatic rings. The van der Waals surface area contributed by atoms with E-state index in [1.54, 1.807) is 12.1 Å². The van der Waals surface area contributed by atoms with Gasteiger partial charge >= 0.3 is 0 Å². The van der Waals surface area contributed by atoms with Crippen molar-refractivity contribution in [3.8, 4) is 11.5 Å². The first kappa shape index (κ1) is 11.0. The standard InChI is InChI=1S/C14H8O3S/c15-7-9-3-1-5-11-13(9)17-14-10(8-16)4-2-6-12(14)18-11/h1-8H. The molecule has 1 aliphatic rings.